The molecule has 9 aromatic carbocycles. The smallest absolute Gasteiger partial charge is 0.187 e. The Labute approximate surface area is 324 Å². The number of rotatable bonds is 6. The lowest BCUT2D eigenvalue weighted by molar-refractivity contribution is 1.07. The predicted molar refractivity (Wildman–Crippen MR) is 231 cm³/mol. The van der Waals surface area contributed by atoms with Crippen molar-refractivity contribution in [3.05, 3.63) is 206 Å². The van der Waals surface area contributed by atoms with Crippen molar-refractivity contribution in [1.29, 1.82) is 0 Å². The Morgan fingerprint density at radius 2 is 0.661 bits per heavy atom. The van der Waals surface area contributed by atoms with Crippen molar-refractivity contribution in [2.45, 2.75) is 0 Å². The zero-order chi connectivity index (χ0) is 37.4. The van der Waals surface area contributed by atoms with Crippen molar-refractivity contribution < 1.29 is 0 Å². The molecule has 0 atom stereocenters. The van der Waals surface area contributed by atoms with Crippen LogP contribution >= 0.6 is 0 Å². The van der Waals surface area contributed by atoms with Crippen LogP contribution in [0, 0.1) is 6.57 Å². The zero-order valence-electron chi connectivity index (χ0n) is 30.3. The van der Waals surface area contributed by atoms with E-state index in [0.29, 0.717) is 23.2 Å². The number of benzene rings is 9. The SMILES string of the molecule is [C-]#[N+]c1cccc(-c2cc3c4ccccc4c(-c4cccc(-c5cccc(-c6nc(-c7ccccc7)nc(-c7ccccc7)n6)c5)c4)cc3c3ccccc23)c1. The number of hydrogen-bond donors (Lipinski definition) is 0. The molecule has 0 bridgehead atoms. The number of nitrogens with zero attached hydrogens (tertiary/aromatic N) is 4. The van der Waals surface area contributed by atoms with Crippen LogP contribution in [0.5, 0.6) is 0 Å². The second-order valence-electron chi connectivity index (χ2n) is 13.9. The van der Waals surface area contributed by atoms with Crippen molar-refractivity contribution in [2.75, 3.05) is 0 Å². The molecular weight excluding hydrogens is 681 g/mol. The highest BCUT2D eigenvalue weighted by Crippen LogP contribution is 2.43. The first-order chi connectivity index (χ1) is 27.7. The zero-order valence-corrected chi connectivity index (χ0v) is 30.3. The summed E-state index contributed by atoms with van der Waals surface area (Å²) in [6.07, 6.45) is 0. The molecule has 10 rings (SSSR count). The Bertz CT molecular complexity index is 3090. The van der Waals surface area contributed by atoms with E-state index in [1.165, 1.54) is 32.5 Å². The molecule has 260 valence electrons. The Balaban J connectivity index is 1.11. The molecule has 0 aliphatic heterocycles. The van der Waals surface area contributed by atoms with Crippen LogP contribution in [0.3, 0.4) is 0 Å². The highest BCUT2D eigenvalue weighted by Gasteiger charge is 2.16. The summed E-state index contributed by atoms with van der Waals surface area (Å²) in [6.45, 7) is 7.62. The van der Waals surface area contributed by atoms with E-state index >= 15 is 0 Å². The molecule has 0 unspecified atom stereocenters. The van der Waals surface area contributed by atoms with Gasteiger partial charge in [0.15, 0.2) is 23.2 Å². The molecule has 0 spiro atoms. The van der Waals surface area contributed by atoms with Gasteiger partial charge < -0.3 is 0 Å². The maximum Gasteiger partial charge on any atom is 0.187 e. The van der Waals surface area contributed by atoms with Gasteiger partial charge in [-0.1, -0.05) is 164 Å². The van der Waals surface area contributed by atoms with Gasteiger partial charge in [-0.15, -0.1) is 0 Å². The van der Waals surface area contributed by atoms with Gasteiger partial charge in [0.2, 0.25) is 0 Å². The molecule has 0 aliphatic rings. The van der Waals surface area contributed by atoms with Crippen LogP contribution < -0.4 is 0 Å². The van der Waals surface area contributed by atoms with E-state index < -0.39 is 0 Å². The van der Waals surface area contributed by atoms with Crippen molar-refractivity contribution in [3.8, 4) is 67.5 Å². The molecule has 1 heterocycles. The molecule has 0 fully saturated rings. The van der Waals surface area contributed by atoms with E-state index in [-0.39, 0.29) is 0 Å². The summed E-state index contributed by atoms with van der Waals surface area (Å²) in [4.78, 5) is 18.6. The van der Waals surface area contributed by atoms with E-state index in [9.17, 15) is 0 Å². The number of aromatic nitrogens is 3. The van der Waals surface area contributed by atoms with E-state index in [0.717, 1.165) is 49.9 Å². The van der Waals surface area contributed by atoms with Crippen molar-refractivity contribution in [1.82, 2.24) is 15.0 Å². The number of hydrogen-bond acceptors (Lipinski definition) is 3. The normalized spacial score (nSPS) is 11.2. The third kappa shape index (κ3) is 5.94. The van der Waals surface area contributed by atoms with Crippen LogP contribution in [0.25, 0.3) is 105 Å². The quantitative estimate of drug-likeness (QED) is 0.127. The van der Waals surface area contributed by atoms with Gasteiger partial charge in [0.1, 0.15) is 0 Å². The highest BCUT2D eigenvalue weighted by atomic mass is 15.0. The summed E-state index contributed by atoms with van der Waals surface area (Å²) in [7, 11) is 0. The van der Waals surface area contributed by atoms with E-state index in [4.69, 9.17) is 21.5 Å². The largest absolute Gasteiger partial charge is 0.238 e. The Morgan fingerprint density at radius 3 is 1.18 bits per heavy atom. The summed E-state index contributed by atoms with van der Waals surface area (Å²) in [6, 6.07) is 67.3. The molecule has 0 amide bonds. The van der Waals surface area contributed by atoms with Gasteiger partial charge in [0, 0.05) is 16.7 Å². The summed E-state index contributed by atoms with van der Waals surface area (Å²) in [5.41, 5.74) is 10.1. The van der Waals surface area contributed by atoms with Gasteiger partial charge >= 0.3 is 0 Å². The molecule has 1 aromatic heterocycles. The van der Waals surface area contributed by atoms with Gasteiger partial charge in [-0.3, -0.25) is 0 Å². The second kappa shape index (κ2) is 13.9. The highest BCUT2D eigenvalue weighted by molar-refractivity contribution is 6.24. The Kier molecular flexibility index (Phi) is 8.17. The predicted octanol–water partition coefficient (Wildman–Crippen LogP) is 13.9. The van der Waals surface area contributed by atoms with Gasteiger partial charge in [-0.25, -0.2) is 19.8 Å². The van der Waals surface area contributed by atoms with Crippen molar-refractivity contribution in [3.63, 3.8) is 0 Å². The third-order valence-electron chi connectivity index (χ3n) is 10.5. The van der Waals surface area contributed by atoms with Crippen molar-refractivity contribution >= 4 is 38.0 Å². The van der Waals surface area contributed by atoms with Crippen LogP contribution in [0.4, 0.5) is 5.69 Å². The summed E-state index contributed by atoms with van der Waals surface area (Å²) in [5, 5.41) is 7.12. The Morgan fingerprint density at radius 1 is 0.286 bits per heavy atom. The molecule has 0 saturated carbocycles. The molecule has 0 radical (unpaired) electrons. The summed E-state index contributed by atoms with van der Waals surface area (Å²) in [5.74, 6) is 1.91. The average Bonchev–Trinajstić information content (AvgIpc) is 3.29. The van der Waals surface area contributed by atoms with Crippen LogP contribution in [-0.4, -0.2) is 15.0 Å². The molecule has 4 heteroatoms. The topological polar surface area (TPSA) is 43.0 Å². The van der Waals surface area contributed by atoms with E-state index in [1.807, 2.05) is 78.9 Å². The molecule has 0 saturated heterocycles. The molecule has 0 N–H and O–H groups in total. The summed E-state index contributed by atoms with van der Waals surface area (Å²) < 4.78 is 0. The van der Waals surface area contributed by atoms with Crippen LogP contribution in [0.1, 0.15) is 0 Å². The van der Waals surface area contributed by atoms with Gasteiger partial charge in [-0.05, 0) is 96.0 Å². The van der Waals surface area contributed by atoms with Gasteiger partial charge in [0.05, 0.1) is 6.57 Å². The van der Waals surface area contributed by atoms with Crippen LogP contribution in [-0.2, 0) is 0 Å². The lowest BCUT2D eigenvalue weighted by Crippen LogP contribution is -2.00. The van der Waals surface area contributed by atoms with Gasteiger partial charge in [0.25, 0.3) is 0 Å². The molecular formula is C52H32N4. The van der Waals surface area contributed by atoms with E-state index in [2.05, 4.69) is 120 Å². The molecule has 56 heavy (non-hydrogen) atoms. The molecule has 0 aliphatic carbocycles. The standard InChI is InChI=1S/C52H32N4/c1-53-41-24-14-22-39(31-41)47-33-49-44-27-10-8-25-42(44)46(32-48(49)45-28-11-9-26-43(45)47)38-21-12-19-36(29-38)37-20-13-23-40(30-37)52-55-50(34-15-4-2-5-16-34)54-51(56-52)35-17-6-3-7-18-35/h2-33H. The van der Waals surface area contributed by atoms with Crippen molar-refractivity contribution in [2.24, 2.45) is 0 Å². The minimum Gasteiger partial charge on any atom is -0.238 e. The molecule has 10 aromatic rings. The second-order valence-corrected chi connectivity index (χ2v) is 13.9. The van der Waals surface area contributed by atoms with Crippen LogP contribution in [0.15, 0.2) is 194 Å². The first kappa shape index (κ1) is 32.9. The minimum absolute atomic E-state index is 0.628. The summed E-state index contributed by atoms with van der Waals surface area (Å²) >= 11 is 0. The third-order valence-corrected chi connectivity index (χ3v) is 10.5. The maximum absolute atomic E-state index is 7.62. The van der Waals surface area contributed by atoms with Gasteiger partial charge in [-0.2, -0.15) is 0 Å². The molecule has 4 nitrogen and oxygen atoms in total. The fraction of sp³-hybridized carbons (Fsp3) is 0. The van der Waals surface area contributed by atoms with E-state index in [1.54, 1.807) is 0 Å². The fourth-order valence-electron chi connectivity index (χ4n) is 7.81. The minimum atomic E-state index is 0.628. The van der Waals surface area contributed by atoms with Crippen LogP contribution in [0.2, 0.25) is 0 Å². The number of fused-ring (bicyclic) bond motifs is 5. The fourth-order valence-corrected chi connectivity index (χ4v) is 7.81. The maximum atomic E-state index is 7.62. The Hall–Kier alpha value is -7.74. The monoisotopic (exact) mass is 712 g/mol. The lowest BCUT2D eigenvalue weighted by Gasteiger charge is -2.16. The first-order valence-corrected chi connectivity index (χ1v) is 18.6. The lowest BCUT2D eigenvalue weighted by atomic mass is 9.87. The average molecular weight is 713 g/mol. The first-order valence-electron chi connectivity index (χ1n) is 18.6.